The van der Waals surface area contributed by atoms with Crippen LogP contribution in [0.4, 0.5) is 0 Å². The zero-order valence-corrected chi connectivity index (χ0v) is 9.80. The molecule has 3 heterocycles. The smallest absolute Gasteiger partial charge is 0.0484 e. The summed E-state index contributed by atoms with van der Waals surface area (Å²) in [6.07, 6.45) is 7.47. The number of fused-ring (bicyclic) bond motifs is 2. The highest BCUT2D eigenvalue weighted by Crippen LogP contribution is 2.09. The summed E-state index contributed by atoms with van der Waals surface area (Å²) < 4.78 is 0. The quantitative estimate of drug-likeness (QED) is 0.479. The molecule has 0 atom stereocenters. The average Bonchev–Trinajstić information content (AvgIpc) is 3.08. The topological polar surface area (TPSA) is 44.5 Å². The molecule has 4 aromatic rings. The Kier molecular flexibility index (Phi) is 2.80. The number of H-pyrrole nitrogens is 2. The van der Waals surface area contributed by atoms with E-state index in [0.717, 1.165) is 10.9 Å². The van der Waals surface area contributed by atoms with E-state index in [1.807, 2.05) is 42.9 Å². The Morgan fingerprint density at radius 3 is 2.22 bits per heavy atom. The number of pyridine rings is 1. The average molecular weight is 235 g/mol. The predicted octanol–water partition coefficient (Wildman–Crippen LogP) is 3.73. The van der Waals surface area contributed by atoms with E-state index in [1.165, 1.54) is 10.9 Å². The van der Waals surface area contributed by atoms with Gasteiger partial charge in [-0.3, -0.25) is 4.98 Å². The van der Waals surface area contributed by atoms with Crippen LogP contribution in [0.25, 0.3) is 21.8 Å². The van der Waals surface area contributed by atoms with Gasteiger partial charge < -0.3 is 9.97 Å². The van der Waals surface area contributed by atoms with Gasteiger partial charge in [-0.15, -0.1) is 0 Å². The fourth-order valence-electron chi connectivity index (χ4n) is 1.89. The lowest BCUT2D eigenvalue weighted by molar-refractivity contribution is 1.36. The fraction of sp³-hybridized carbons (Fsp3) is 0. The van der Waals surface area contributed by atoms with E-state index in [9.17, 15) is 0 Å². The Balaban J connectivity index is 0.000000111. The molecule has 4 rings (SSSR count). The van der Waals surface area contributed by atoms with Crippen molar-refractivity contribution in [3.8, 4) is 0 Å². The molecule has 0 aliphatic carbocycles. The first kappa shape index (κ1) is 10.6. The summed E-state index contributed by atoms with van der Waals surface area (Å²) in [5, 5.41) is 2.44. The maximum Gasteiger partial charge on any atom is 0.0484 e. The SMILES string of the molecule is c1cc2[nH]ccc2cn1.c1ccc2[nH]ccc2c1. The number of benzene rings is 1. The molecule has 0 amide bonds. The largest absolute Gasteiger partial charge is 0.361 e. The van der Waals surface area contributed by atoms with Crippen molar-refractivity contribution in [2.75, 3.05) is 0 Å². The summed E-state index contributed by atoms with van der Waals surface area (Å²) in [5.74, 6) is 0. The third-order valence-corrected chi connectivity index (χ3v) is 2.82. The first-order chi connectivity index (χ1) is 8.93. The Morgan fingerprint density at radius 2 is 1.44 bits per heavy atom. The molecule has 88 valence electrons. The zero-order valence-electron chi connectivity index (χ0n) is 9.80. The van der Waals surface area contributed by atoms with E-state index in [4.69, 9.17) is 0 Å². The zero-order chi connectivity index (χ0) is 12.2. The molecule has 1 aromatic carbocycles. The van der Waals surface area contributed by atoms with E-state index in [-0.39, 0.29) is 0 Å². The molecule has 0 spiro atoms. The second-order valence-corrected chi connectivity index (χ2v) is 4.01. The van der Waals surface area contributed by atoms with Crippen LogP contribution in [0.15, 0.2) is 67.3 Å². The van der Waals surface area contributed by atoms with Gasteiger partial charge in [-0.1, -0.05) is 18.2 Å². The maximum absolute atomic E-state index is 3.97. The minimum atomic E-state index is 1.14. The van der Waals surface area contributed by atoms with E-state index in [1.54, 1.807) is 6.20 Å². The molecule has 0 aliphatic rings. The Hall–Kier alpha value is -2.55. The van der Waals surface area contributed by atoms with Gasteiger partial charge in [-0.25, -0.2) is 0 Å². The third kappa shape index (κ3) is 2.11. The van der Waals surface area contributed by atoms with Crippen LogP contribution < -0.4 is 0 Å². The highest BCUT2D eigenvalue weighted by atomic mass is 14.7. The van der Waals surface area contributed by atoms with Crippen molar-refractivity contribution in [1.29, 1.82) is 0 Å². The summed E-state index contributed by atoms with van der Waals surface area (Å²) in [5.41, 5.74) is 2.35. The van der Waals surface area contributed by atoms with E-state index in [2.05, 4.69) is 33.2 Å². The summed E-state index contributed by atoms with van der Waals surface area (Å²) in [7, 11) is 0. The monoisotopic (exact) mass is 235 g/mol. The van der Waals surface area contributed by atoms with Crippen molar-refractivity contribution < 1.29 is 0 Å². The molecule has 0 unspecified atom stereocenters. The number of hydrogen-bond acceptors (Lipinski definition) is 1. The molecular formula is C15H13N3. The highest BCUT2D eigenvalue weighted by Gasteiger charge is 1.88. The number of aromatic amines is 2. The Bertz CT molecular complexity index is 626. The molecule has 0 saturated carbocycles. The Morgan fingerprint density at radius 1 is 0.722 bits per heavy atom. The normalized spacial score (nSPS) is 10.2. The Labute approximate surface area is 104 Å². The van der Waals surface area contributed by atoms with Crippen molar-refractivity contribution in [2.45, 2.75) is 0 Å². The molecule has 18 heavy (non-hydrogen) atoms. The first-order valence-electron chi connectivity index (χ1n) is 5.83. The lowest BCUT2D eigenvalue weighted by atomic mass is 10.3. The van der Waals surface area contributed by atoms with Crippen LogP contribution in [0, 0.1) is 0 Å². The van der Waals surface area contributed by atoms with Gasteiger partial charge in [0.2, 0.25) is 0 Å². The van der Waals surface area contributed by atoms with Crippen LogP contribution in [0.2, 0.25) is 0 Å². The number of nitrogens with one attached hydrogen (secondary N) is 2. The fourth-order valence-corrected chi connectivity index (χ4v) is 1.89. The predicted molar refractivity (Wildman–Crippen MR) is 74.4 cm³/mol. The number of rotatable bonds is 0. The molecule has 3 heteroatoms. The molecular weight excluding hydrogens is 222 g/mol. The molecule has 3 aromatic heterocycles. The van der Waals surface area contributed by atoms with Gasteiger partial charge in [0, 0.05) is 41.2 Å². The lowest BCUT2D eigenvalue weighted by Gasteiger charge is -1.83. The van der Waals surface area contributed by atoms with Crippen LogP contribution in [-0.4, -0.2) is 15.0 Å². The number of nitrogens with zero attached hydrogens (tertiary/aromatic N) is 1. The summed E-state index contributed by atoms with van der Waals surface area (Å²) >= 11 is 0. The second kappa shape index (κ2) is 4.75. The molecule has 0 fully saturated rings. The summed E-state index contributed by atoms with van der Waals surface area (Å²) in [6.45, 7) is 0. The van der Waals surface area contributed by atoms with Gasteiger partial charge in [0.1, 0.15) is 0 Å². The van der Waals surface area contributed by atoms with Crippen molar-refractivity contribution in [2.24, 2.45) is 0 Å². The summed E-state index contributed by atoms with van der Waals surface area (Å²) in [4.78, 5) is 10.2. The van der Waals surface area contributed by atoms with Gasteiger partial charge in [0.05, 0.1) is 0 Å². The van der Waals surface area contributed by atoms with Crippen molar-refractivity contribution in [1.82, 2.24) is 15.0 Å². The van der Waals surface area contributed by atoms with Crippen LogP contribution in [-0.2, 0) is 0 Å². The third-order valence-electron chi connectivity index (χ3n) is 2.82. The van der Waals surface area contributed by atoms with Gasteiger partial charge in [0.25, 0.3) is 0 Å². The van der Waals surface area contributed by atoms with Crippen molar-refractivity contribution >= 4 is 21.8 Å². The van der Waals surface area contributed by atoms with E-state index < -0.39 is 0 Å². The van der Waals surface area contributed by atoms with Gasteiger partial charge in [-0.2, -0.15) is 0 Å². The molecule has 0 saturated heterocycles. The van der Waals surface area contributed by atoms with Crippen LogP contribution in [0.3, 0.4) is 0 Å². The first-order valence-corrected chi connectivity index (χ1v) is 5.83. The van der Waals surface area contributed by atoms with Crippen LogP contribution >= 0.6 is 0 Å². The van der Waals surface area contributed by atoms with Crippen LogP contribution in [0.5, 0.6) is 0 Å². The molecule has 0 radical (unpaired) electrons. The van der Waals surface area contributed by atoms with Crippen molar-refractivity contribution in [3.63, 3.8) is 0 Å². The molecule has 2 N–H and O–H groups in total. The standard InChI is InChI=1S/C8H7N.C7H6N2/c1-2-4-8-7(3-1)5-6-9-8;1-4-9-7-2-3-8-5-6(1)7/h1-6,9H;1-5,9H. The van der Waals surface area contributed by atoms with Crippen molar-refractivity contribution in [3.05, 3.63) is 67.3 Å². The van der Waals surface area contributed by atoms with Gasteiger partial charge in [-0.05, 0) is 29.7 Å². The number of para-hydroxylation sites is 1. The van der Waals surface area contributed by atoms with Crippen LogP contribution in [0.1, 0.15) is 0 Å². The minimum absolute atomic E-state index is 1.14. The molecule has 0 aliphatic heterocycles. The molecule has 3 nitrogen and oxygen atoms in total. The number of aromatic nitrogens is 3. The summed E-state index contributed by atoms with van der Waals surface area (Å²) in [6, 6.07) is 14.2. The second-order valence-electron chi connectivity index (χ2n) is 4.01. The highest BCUT2D eigenvalue weighted by molar-refractivity contribution is 5.79. The van der Waals surface area contributed by atoms with E-state index in [0.29, 0.717) is 0 Å². The van der Waals surface area contributed by atoms with Gasteiger partial charge in [0.15, 0.2) is 0 Å². The van der Waals surface area contributed by atoms with E-state index >= 15 is 0 Å². The lowest BCUT2D eigenvalue weighted by Crippen LogP contribution is -1.67. The number of hydrogen-bond donors (Lipinski definition) is 2. The minimum Gasteiger partial charge on any atom is -0.361 e. The maximum atomic E-state index is 3.97. The van der Waals surface area contributed by atoms with Gasteiger partial charge >= 0.3 is 0 Å². The molecule has 0 bridgehead atoms.